The van der Waals surface area contributed by atoms with E-state index in [4.69, 9.17) is 0 Å². The van der Waals surface area contributed by atoms with Gasteiger partial charge in [0, 0.05) is 31.4 Å². The molecule has 0 spiro atoms. The Morgan fingerprint density at radius 1 is 1.00 bits per heavy atom. The third-order valence-corrected chi connectivity index (χ3v) is 5.93. The second-order valence-electron chi connectivity index (χ2n) is 8.57. The zero-order chi connectivity index (χ0) is 22.2. The summed E-state index contributed by atoms with van der Waals surface area (Å²) in [6.07, 6.45) is 6.45. The summed E-state index contributed by atoms with van der Waals surface area (Å²) in [4.78, 5) is 42.6. The van der Waals surface area contributed by atoms with Crippen molar-refractivity contribution in [3.8, 4) is 0 Å². The molecule has 0 radical (unpaired) electrons. The molecule has 1 saturated heterocycles. The molecule has 1 aromatic carbocycles. The van der Waals surface area contributed by atoms with E-state index in [1.165, 1.54) is 42.5 Å². The lowest BCUT2D eigenvalue weighted by Gasteiger charge is -2.30. The summed E-state index contributed by atoms with van der Waals surface area (Å²) < 4.78 is 2.52. The third-order valence-electron chi connectivity index (χ3n) is 5.93. The Kier molecular flexibility index (Phi) is 8.23. The van der Waals surface area contributed by atoms with Gasteiger partial charge < -0.3 is 9.80 Å². The van der Waals surface area contributed by atoms with Crippen LogP contribution in [0.15, 0.2) is 52.2 Å². The number of carbonyl (C=O) groups excluding carboxylic acids is 1. The number of hydrogen-bond donors (Lipinski definition) is 0. The molecule has 168 valence electrons. The predicted octanol–water partition coefficient (Wildman–Crippen LogP) is 2.17. The van der Waals surface area contributed by atoms with Crippen LogP contribution in [0.4, 0.5) is 0 Å². The summed E-state index contributed by atoms with van der Waals surface area (Å²) in [5.74, 6) is -0.193. The van der Waals surface area contributed by atoms with Crippen molar-refractivity contribution in [1.29, 1.82) is 0 Å². The summed E-state index contributed by atoms with van der Waals surface area (Å²) in [6, 6.07) is 10.9. The van der Waals surface area contributed by atoms with Gasteiger partial charge in [-0.05, 0) is 45.3 Å². The third kappa shape index (κ3) is 6.40. The molecule has 0 bridgehead atoms. The van der Waals surface area contributed by atoms with Crippen LogP contribution in [0.2, 0.25) is 0 Å². The second-order valence-corrected chi connectivity index (χ2v) is 8.57. The minimum absolute atomic E-state index is 0.00503. The normalized spacial score (nSPS) is 15.1. The van der Waals surface area contributed by atoms with Gasteiger partial charge >= 0.3 is 5.69 Å². The van der Waals surface area contributed by atoms with Gasteiger partial charge in [0.1, 0.15) is 6.54 Å². The number of aromatic nitrogens is 2. The quantitative estimate of drug-likeness (QED) is 0.649. The number of rotatable bonds is 8. The summed E-state index contributed by atoms with van der Waals surface area (Å²) in [5, 5.41) is 0. The first kappa shape index (κ1) is 23.0. The highest BCUT2D eigenvalue weighted by Gasteiger charge is 2.20. The van der Waals surface area contributed by atoms with Crippen molar-refractivity contribution in [2.24, 2.45) is 0 Å². The SMILES string of the molecule is CC(C)N(CCN1CCCCCC1)C(=O)Cn1c(=O)ccn(Cc2ccccc2)c1=O. The lowest BCUT2D eigenvalue weighted by Crippen LogP contribution is -2.48. The number of nitrogens with zero attached hydrogens (tertiary/aromatic N) is 4. The van der Waals surface area contributed by atoms with Gasteiger partial charge in [-0.25, -0.2) is 4.79 Å². The molecular weight excluding hydrogens is 392 g/mol. The predicted molar refractivity (Wildman–Crippen MR) is 122 cm³/mol. The molecule has 1 aliphatic heterocycles. The Balaban J connectivity index is 1.71. The molecule has 0 aliphatic carbocycles. The fourth-order valence-corrected chi connectivity index (χ4v) is 4.11. The van der Waals surface area contributed by atoms with Crippen LogP contribution in [0.3, 0.4) is 0 Å². The molecule has 2 aromatic rings. The first-order valence-corrected chi connectivity index (χ1v) is 11.3. The van der Waals surface area contributed by atoms with Crippen LogP contribution < -0.4 is 11.2 Å². The molecule has 1 aromatic heterocycles. The lowest BCUT2D eigenvalue weighted by atomic mass is 10.2. The van der Waals surface area contributed by atoms with E-state index in [2.05, 4.69) is 4.90 Å². The summed E-state index contributed by atoms with van der Waals surface area (Å²) in [7, 11) is 0. The number of amides is 1. The van der Waals surface area contributed by atoms with Crippen LogP contribution in [0.5, 0.6) is 0 Å². The van der Waals surface area contributed by atoms with Crippen molar-refractivity contribution in [1.82, 2.24) is 18.9 Å². The van der Waals surface area contributed by atoms with Crippen molar-refractivity contribution in [2.45, 2.75) is 58.7 Å². The first-order chi connectivity index (χ1) is 15.0. The standard InChI is InChI=1S/C24H34N4O3/c1-20(2)27(17-16-25-13-8-3-4-9-14-25)23(30)19-28-22(29)12-15-26(24(28)31)18-21-10-6-5-7-11-21/h5-7,10-12,15,20H,3-4,8-9,13-14,16-19H2,1-2H3. The molecule has 7 heteroatoms. The van der Waals surface area contributed by atoms with Gasteiger partial charge in [-0.1, -0.05) is 43.2 Å². The minimum atomic E-state index is -0.457. The largest absolute Gasteiger partial charge is 0.337 e. The first-order valence-electron chi connectivity index (χ1n) is 11.3. The monoisotopic (exact) mass is 426 g/mol. The fourth-order valence-electron chi connectivity index (χ4n) is 4.11. The molecule has 1 amide bonds. The summed E-state index contributed by atoms with van der Waals surface area (Å²) in [5.41, 5.74) is 0.0576. The van der Waals surface area contributed by atoms with Crippen LogP contribution >= 0.6 is 0 Å². The molecule has 0 saturated carbocycles. The second kappa shape index (κ2) is 11.1. The molecule has 0 unspecified atom stereocenters. The molecular formula is C24H34N4O3. The van der Waals surface area contributed by atoms with Crippen LogP contribution in [-0.2, 0) is 17.9 Å². The van der Waals surface area contributed by atoms with E-state index in [-0.39, 0.29) is 18.5 Å². The highest BCUT2D eigenvalue weighted by atomic mass is 16.2. The van der Waals surface area contributed by atoms with E-state index in [1.807, 2.05) is 44.2 Å². The van der Waals surface area contributed by atoms with Crippen molar-refractivity contribution < 1.29 is 4.79 Å². The van der Waals surface area contributed by atoms with Gasteiger partial charge in [0.15, 0.2) is 0 Å². The molecule has 7 nitrogen and oxygen atoms in total. The molecule has 1 fully saturated rings. The molecule has 3 rings (SSSR count). The van der Waals surface area contributed by atoms with E-state index in [0.717, 1.165) is 29.8 Å². The van der Waals surface area contributed by atoms with Gasteiger partial charge in [0.05, 0.1) is 6.54 Å². The maximum atomic E-state index is 13.1. The molecule has 0 atom stereocenters. The van der Waals surface area contributed by atoms with Crippen molar-refractivity contribution in [2.75, 3.05) is 26.2 Å². The Bertz CT molecular complexity index is 957. The van der Waals surface area contributed by atoms with Crippen LogP contribution in [0.25, 0.3) is 0 Å². The van der Waals surface area contributed by atoms with Gasteiger partial charge in [0.25, 0.3) is 5.56 Å². The van der Waals surface area contributed by atoms with Crippen LogP contribution in [0.1, 0.15) is 45.1 Å². The van der Waals surface area contributed by atoms with Gasteiger partial charge in [-0.2, -0.15) is 0 Å². The van der Waals surface area contributed by atoms with Crippen LogP contribution in [0, 0.1) is 0 Å². The average molecular weight is 427 g/mol. The topological polar surface area (TPSA) is 67.5 Å². The van der Waals surface area contributed by atoms with Gasteiger partial charge in [-0.3, -0.25) is 18.7 Å². The van der Waals surface area contributed by atoms with E-state index in [9.17, 15) is 14.4 Å². The lowest BCUT2D eigenvalue weighted by molar-refractivity contribution is -0.133. The maximum absolute atomic E-state index is 13.1. The molecule has 31 heavy (non-hydrogen) atoms. The minimum Gasteiger partial charge on any atom is -0.337 e. The molecule has 2 heterocycles. The fraction of sp³-hybridized carbons (Fsp3) is 0.542. The Labute approximate surface area is 183 Å². The van der Waals surface area contributed by atoms with E-state index < -0.39 is 11.2 Å². The van der Waals surface area contributed by atoms with E-state index in [0.29, 0.717) is 13.1 Å². The van der Waals surface area contributed by atoms with Gasteiger partial charge in [0.2, 0.25) is 5.91 Å². The number of benzene rings is 1. The Morgan fingerprint density at radius 3 is 2.32 bits per heavy atom. The summed E-state index contributed by atoms with van der Waals surface area (Å²) in [6.45, 7) is 7.65. The van der Waals surface area contributed by atoms with Crippen LogP contribution in [-0.4, -0.2) is 57.1 Å². The Morgan fingerprint density at radius 2 is 1.68 bits per heavy atom. The summed E-state index contributed by atoms with van der Waals surface area (Å²) >= 11 is 0. The smallest absolute Gasteiger partial charge is 0.331 e. The van der Waals surface area contributed by atoms with Crippen molar-refractivity contribution >= 4 is 5.91 Å². The van der Waals surface area contributed by atoms with Gasteiger partial charge in [-0.15, -0.1) is 0 Å². The highest BCUT2D eigenvalue weighted by Crippen LogP contribution is 2.10. The molecule has 0 N–H and O–H groups in total. The van der Waals surface area contributed by atoms with Crippen molar-refractivity contribution in [3.05, 3.63) is 69.0 Å². The Hall–Kier alpha value is -2.67. The highest BCUT2D eigenvalue weighted by molar-refractivity contribution is 5.76. The van der Waals surface area contributed by atoms with E-state index >= 15 is 0 Å². The van der Waals surface area contributed by atoms with E-state index in [1.54, 1.807) is 4.90 Å². The van der Waals surface area contributed by atoms with Crippen molar-refractivity contribution in [3.63, 3.8) is 0 Å². The maximum Gasteiger partial charge on any atom is 0.331 e. The zero-order valence-corrected chi connectivity index (χ0v) is 18.7. The molecule has 1 aliphatic rings. The number of carbonyl (C=O) groups is 1. The average Bonchev–Trinajstić information content (AvgIpc) is 3.03. The number of likely N-dealkylation sites (tertiary alicyclic amines) is 1. The number of hydrogen-bond acceptors (Lipinski definition) is 4. The zero-order valence-electron chi connectivity index (χ0n) is 18.7.